The van der Waals surface area contributed by atoms with Gasteiger partial charge in [0.15, 0.2) is 0 Å². The number of carbonyl (C=O) groups is 1. The summed E-state index contributed by atoms with van der Waals surface area (Å²) in [5, 5.41) is 2.88. The van der Waals surface area contributed by atoms with Crippen LogP contribution in [0.2, 0.25) is 0 Å². The summed E-state index contributed by atoms with van der Waals surface area (Å²) in [6.07, 6.45) is -9.93. The number of amides is 1. The Morgan fingerprint density at radius 2 is 1.77 bits per heavy atom. The molecule has 3 rings (SSSR count). The van der Waals surface area contributed by atoms with Gasteiger partial charge in [-0.05, 0) is 17.7 Å². The summed E-state index contributed by atoms with van der Waals surface area (Å²) in [6.45, 7) is 0.692. The Kier molecular flexibility index (Phi) is 3.17. The molecule has 0 aromatic heterocycles. The van der Waals surface area contributed by atoms with Gasteiger partial charge in [0.2, 0.25) is 0 Å². The van der Waals surface area contributed by atoms with Gasteiger partial charge < -0.3 is 10.2 Å². The maximum absolute atomic E-state index is 13.1. The molecule has 0 radical (unpaired) electrons. The summed E-state index contributed by atoms with van der Waals surface area (Å²) in [6, 6.07) is -0.123. The first-order chi connectivity index (χ1) is 10.1. The number of benzene rings is 1. The van der Waals surface area contributed by atoms with Crippen LogP contribution in [0.15, 0.2) is 12.1 Å². The number of hydrogen-bond donors (Lipinski definition) is 1. The van der Waals surface area contributed by atoms with Crippen molar-refractivity contribution in [1.29, 1.82) is 0 Å². The Balaban J connectivity index is 2.25. The lowest BCUT2D eigenvalue weighted by Gasteiger charge is -2.30. The Labute approximate surface area is 120 Å². The highest BCUT2D eigenvalue weighted by atomic mass is 19.4. The Hall–Kier alpha value is -1.77. The number of halogens is 6. The van der Waals surface area contributed by atoms with Gasteiger partial charge in [-0.15, -0.1) is 0 Å². The predicted octanol–water partition coefficient (Wildman–Crippen LogP) is 2.82. The fourth-order valence-corrected chi connectivity index (χ4v) is 2.92. The molecule has 1 aromatic carbocycles. The van der Waals surface area contributed by atoms with Gasteiger partial charge >= 0.3 is 12.4 Å². The van der Waals surface area contributed by atoms with Crippen molar-refractivity contribution in [1.82, 2.24) is 10.2 Å². The highest BCUT2D eigenvalue weighted by Gasteiger charge is 2.47. The maximum Gasteiger partial charge on any atom is 0.417 e. The quantitative estimate of drug-likeness (QED) is 0.744. The van der Waals surface area contributed by atoms with E-state index in [-0.39, 0.29) is 24.7 Å². The zero-order valence-electron chi connectivity index (χ0n) is 11.0. The van der Waals surface area contributed by atoms with Crippen molar-refractivity contribution in [2.24, 2.45) is 0 Å². The molecule has 1 atom stereocenters. The molecular weight excluding hydrogens is 314 g/mol. The van der Waals surface area contributed by atoms with Crippen LogP contribution in [-0.4, -0.2) is 30.4 Å². The fraction of sp³-hybridized carbons (Fsp3) is 0.462. The van der Waals surface area contributed by atoms with E-state index in [1.54, 1.807) is 0 Å². The van der Waals surface area contributed by atoms with Crippen LogP contribution in [0.25, 0.3) is 0 Å². The summed E-state index contributed by atoms with van der Waals surface area (Å²) in [5.41, 5.74) is -3.77. The van der Waals surface area contributed by atoms with Crippen molar-refractivity contribution in [2.45, 2.75) is 18.4 Å². The standard InChI is InChI=1S/C13H10F6N2O/c14-12(15,16)6-3-7-9-5-20-1-2-21(9)11(22)10(7)8(4-6)13(17,18)19/h3-4,9,20H,1-2,5H2/t9-/m1/s1. The van der Waals surface area contributed by atoms with Gasteiger partial charge in [-0.25, -0.2) is 0 Å². The van der Waals surface area contributed by atoms with Gasteiger partial charge in [-0.1, -0.05) is 0 Å². The molecule has 0 bridgehead atoms. The van der Waals surface area contributed by atoms with Crippen molar-refractivity contribution in [3.05, 3.63) is 34.4 Å². The van der Waals surface area contributed by atoms with Crippen LogP contribution < -0.4 is 5.32 Å². The van der Waals surface area contributed by atoms with E-state index in [1.807, 2.05) is 0 Å². The summed E-state index contributed by atoms with van der Waals surface area (Å²) in [4.78, 5) is 13.4. The highest BCUT2D eigenvalue weighted by molar-refractivity contribution is 6.01. The third-order valence-electron chi connectivity index (χ3n) is 3.88. The van der Waals surface area contributed by atoms with E-state index >= 15 is 0 Å². The number of piperazine rings is 1. The van der Waals surface area contributed by atoms with Gasteiger partial charge in [-0.2, -0.15) is 26.3 Å². The van der Waals surface area contributed by atoms with Crippen LogP contribution in [-0.2, 0) is 12.4 Å². The Bertz CT molecular complexity index is 637. The maximum atomic E-state index is 13.1. The van der Waals surface area contributed by atoms with E-state index in [1.165, 1.54) is 4.90 Å². The fourth-order valence-electron chi connectivity index (χ4n) is 2.92. The summed E-state index contributed by atoms with van der Waals surface area (Å²) in [7, 11) is 0. The molecule has 0 saturated carbocycles. The number of alkyl halides is 6. The van der Waals surface area contributed by atoms with Crippen LogP contribution in [0.4, 0.5) is 26.3 Å². The lowest BCUT2D eigenvalue weighted by atomic mass is 9.95. The highest BCUT2D eigenvalue weighted by Crippen LogP contribution is 2.45. The summed E-state index contributed by atoms with van der Waals surface area (Å²) < 4.78 is 77.9. The molecule has 1 saturated heterocycles. The van der Waals surface area contributed by atoms with Gasteiger partial charge in [0, 0.05) is 19.6 Å². The molecule has 120 valence electrons. The predicted molar refractivity (Wildman–Crippen MR) is 63.1 cm³/mol. The average molecular weight is 324 g/mol. The number of carbonyl (C=O) groups excluding carboxylic acids is 1. The molecule has 1 fully saturated rings. The van der Waals surface area contributed by atoms with Gasteiger partial charge in [-0.3, -0.25) is 4.79 Å². The van der Waals surface area contributed by atoms with Crippen molar-refractivity contribution < 1.29 is 31.1 Å². The second-order valence-electron chi connectivity index (χ2n) is 5.20. The molecule has 1 amide bonds. The van der Waals surface area contributed by atoms with Crippen LogP contribution >= 0.6 is 0 Å². The first-order valence-electron chi connectivity index (χ1n) is 6.44. The number of hydrogen-bond acceptors (Lipinski definition) is 2. The molecule has 0 aliphatic carbocycles. The third kappa shape index (κ3) is 2.23. The topological polar surface area (TPSA) is 32.3 Å². The lowest BCUT2D eigenvalue weighted by molar-refractivity contribution is -0.143. The van der Waals surface area contributed by atoms with Crippen molar-refractivity contribution in [3.63, 3.8) is 0 Å². The van der Waals surface area contributed by atoms with Gasteiger partial charge in [0.1, 0.15) is 0 Å². The van der Waals surface area contributed by atoms with E-state index in [0.29, 0.717) is 12.6 Å². The van der Waals surface area contributed by atoms with Crippen LogP contribution in [0.5, 0.6) is 0 Å². The molecule has 22 heavy (non-hydrogen) atoms. The normalized spacial score (nSPS) is 21.8. The number of nitrogens with one attached hydrogen (secondary N) is 1. The minimum Gasteiger partial charge on any atom is -0.329 e. The van der Waals surface area contributed by atoms with E-state index in [0.717, 1.165) is 0 Å². The van der Waals surface area contributed by atoms with Gasteiger partial charge in [0.05, 0.1) is 22.7 Å². The van der Waals surface area contributed by atoms with Crippen molar-refractivity contribution in [2.75, 3.05) is 19.6 Å². The summed E-state index contributed by atoms with van der Waals surface area (Å²) >= 11 is 0. The minimum atomic E-state index is -5.02. The Morgan fingerprint density at radius 3 is 2.36 bits per heavy atom. The molecular formula is C13H10F6N2O. The second kappa shape index (κ2) is 4.61. The molecule has 2 aliphatic rings. The molecule has 2 aliphatic heterocycles. The molecule has 0 spiro atoms. The third-order valence-corrected chi connectivity index (χ3v) is 3.88. The minimum absolute atomic E-state index is 0.0165. The smallest absolute Gasteiger partial charge is 0.329 e. The van der Waals surface area contributed by atoms with Crippen LogP contribution in [0, 0.1) is 0 Å². The summed E-state index contributed by atoms with van der Waals surface area (Å²) in [5.74, 6) is -0.859. The van der Waals surface area contributed by atoms with E-state index in [2.05, 4.69) is 5.32 Å². The Morgan fingerprint density at radius 1 is 1.09 bits per heavy atom. The molecule has 1 aromatic rings. The zero-order valence-corrected chi connectivity index (χ0v) is 11.0. The SMILES string of the molecule is O=C1c2c(cc(C(F)(F)F)cc2C(F)(F)F)[C@H]2CNCCN12. The number of nitrogens with zero attached hydrogens (tertiary/aromatic N) is 1. The van der Waals surface area contributed by atoms with Gasteiger partial charge in [0.25, 0.3) is 5.91 Å². The zero-order chi connectivity index (χ0) is 16.3. The lowest BCUT2D eigenvalue weighted by Crippen LogP contribution is -2.44. The largest absolute Gasteiger partial charge is 0.417 e. The van der Waals surface area contributed by atoms with Crippen molar-refractivity contribution in [3.8, 4) is 0 Å². The van der Waals surface area contributed by atoms with E-state index in [9.17, 15) is 31.1 Å². The van der Waals surface area contributed by atoms with Crippen LogP contribution in [0.1, 0.15) is 33.1 Å². The first-order valence-corrected chi connectivity index (χ1v) is 6.44. The molecule has 1 N–H and O–H groups in total. The van der Waals surface area contributed by atoms with E-state index in [4.69, 9.17) is 0 Å². The van der Waals surface area contributed by atoms with Crippen molar-refractivity contribution >= 4 is 5.91 Å². The van der Waals surface area contributed by atoms with Crippen LogP contribution in [0.3, 0.4) is 0 Å². The molecule has 2 heterocycles. The number of fused-ring (bicyclic) bond motifs is 3. The first kappa shape index (κ1) is 15.1. The van der Waals surface area contributed by atoms with E-state index < -0.39 is 41.0 Å². The second-order valence-corrected chi connectivity index (χ2v) is 5.20. The molecule has 9 heteroatoms. The monoisotopic (exact) mass is 324 g/mol. The average Bonchev–Trinajstić information content (AvgIpc) is 2.70. The molecule has 3 nitrogen and oxygen atoms in total. The molecule has 0 unspecified atom stereocenters. The number of rotatable bonds is 0.